The van der Waals surface area contributed by atoms with Crippen LogP contribution in [0, 0.1) is 0 Å². The van der Waals surface area contributed by atoms with Crippen LogP contribution in [0.2, 0.25) is 5.02 Å². The summed E-state index contributed by atoms with van der Waals surface area (Å²) in [6.45, 7) is 4.30. The van der Waals surface area contributed by atoms with E-state index < -0.39 is 17.1 Å². The van der Waals surface area contributed by atoms with E-state index in [2.05, 4.69) is 0 Å². The summed E-state index contributed by atoms with van der Waals surface area (Å²) in [5.41, 5.74) is 2.76. The monoisotopic (exact) mass is 558 g/mol. The first-order valence-electron chi connectivity index (χ1n) is 12.1. The first-order valence-corrected chi connectivity index (χ1v) is 13.3. The number of amides is 3. The molecule has 1 fully saturated rings. The van der Waals surface area contributed by atoms with Gasteiger partial charge in [-0.25, -0.2) is 4.79 Å². The van der Waals surface area contributed by atoms with Crippen molar-refractivity contribution in [3.63, 3.8) is 0 Å². The Morgan fingerprint density at radius 1 is 1.08 bits per heavy atom. The van der Waals surface area contributed by atoms with Crippen LogP contribution in [0.1, 0.15) is 30.5 Å². The molecule has 2 aromatic carbocycles. The van der Waals surface area contributed by atoms with Crippen molar-refractivity contribution >= 4 is 52.5 Å². The number of rotatable bonds is 9. The highest BCUT2D eigenvalue weighted by Gasteiger charge is 2.37. The maximum absolute atomic E-state index is 13.0. The van der Waals surface area contributed by atoms with E-state index in [1.807, 2.05) is 24.3 Å². The summed E-state index contributed by atoms with van der Waals surface area (Å²) in [6, 6.07) is 11.1. The van der Waals surface area contributed by atoms with Gasteiger partial charge in [0.2, 0.25) is 5.91 Å². The van der Waals surface area contributed by atoms with Crippen LogP contribution in [0.3, 0.4) is 0 Å². The number of ether oxygens (including phenoxy) is 3. The average molecular weight is 559 g/mol. The van der Waals surface area contributed by atoms with E-state index in [0.29, 0.717) is 25.3 Å². The third-order valence-corrected chi connectivity index (χ3v) is 7.11. The van der Waals surface area contributed by atoms with Crippen LogP contribution < -0.4 is 9.47 Å². The molecule has 200 valence electrons. The summed E-state index contributed by atoms with van der Waals surface area (Å²) in [6.07, 6.45) is 2.24. The van der Waals surface area contributed by atoms with Crippen molar-refractivity contribution in [1.82, 2.24) is 9.80 Å². The molecule has 0 aromatic heterocycles. The molecule has 0 spiro atoms. The summed E-state index contributed by atoms with van der Waals surface area (Å²) in [4.78, 5) is 53.1. The Labute approximate surface area is 229 Å². The molecule has 3 amide bonds. The lowest BCUT2D eigenvalue weighted by atomic mass is 10.00. The number of benzene rings is 2. The van der Waals surface area contributed by atoms with Crippen LogP contribution in [0.4, 0.5) is 4.79 Å². The second-order valence-corrected chi connectivity index (χ2v) is 9.86. The van der Waals surface area contributed by atoms with E-state index in [0.717, 1.165) is 28.6 Å². The molecule has 2 aliphatic rings. The fourth-order valence-electron chi connectivity index (χ4n) is 4.14. The summed E-state index contributed by atoms with van der Waals surface area (Å²) >= 11 is 7.15. The van der Waals surface area contributed by atoms with E-state index in [-0.39, 0.29) is 47.1 Å². The molecule has 0 N–H and O–H groups in total. The van der Waals surface area contributed by atoms with Gasteiger partial charge in [0.05, 0.1) is 23.1 Å². The molecule has 1 saturated heterocycles. The first kappa shape index (κ1) is 27.5. The topological polar surface area (TPSA) is 102 Å². The molecule has 2 aliphatic heterocycles. The number of nitrogens with zero attached hydrogens (tertiary/aromatic N) is 2. The third kappa shape index (κ3) is 6.31. The molecule has 2 aromatic rings. The lowest BCUT2D eigenvalue weighted by Crippen LogP contribution is -2.44. The van der Waals surface area contributed by atoms with Gasteiger partial charge >= 0.3 is 5.97 Å². The van der Waals surface area contributed by atoms with Crippen LogP contribution in [0.5, 0.6) is 11.5 Å². The Bertz CT molecular complexity index is 1300. The number of imide groups is 1. The van der Waals surface area contributed by atoms with Gasteiger partial charge in [0.15, 0.2) is 18.1 Å². The minimum atomic E-state index is -0.553. The van der Waals surface area contributed by atoms with Crippen LogP contribution in [0.15, 0.2) is 41.3 Å². The summed E-state index contributed by atoms with van der Waals surface area (Å²) in [5.74, 6) is -0.946. The minimum Gasteiger partial charge on any atom is -0.490 e. The van der Waals surface area contributed by atoms with Gasteiger partial charge in [0.1, 0.15) is 6.54 Å². The van der Waals surface area contributed by atoms with Crippen molar-refractivity contribution in [2.24, 2.45) is 0 Å². The van der Waals surface area contributed by atoms with Crippen molar-refractivity contribution in [1.29, 1.82) is 0 Å². The number of hydrogen-bond acceptors (Lipinski definition) is 8. The fourth-order valence-corrected chi connectivity index (χ4v) is 5.25. The standard InChI is InChI=1S/C27H27ClN2O7S/c1-3-35-21-12-17(11-20(28)25(21)37-16-24(32)36-4-2)13-22-26(33)30(27(34)38-22)15-23(31)29-10-9-18-7-5-6-8-19(18)14-29/h5-8,11-13H,3-4,9-10,14-16H2,1-2H3/b22-13-. The molecule has 11 heteroatoms. The van der Waals surface area contributed by atoms with Gasteiger partial charge in [-0.15, -0.1) is 0 Å². The highest BCUT2D eigenvalue weighted by molar-refractivity contribution is 8.18. The molecule has 0 atom stereocenters. The predicted molar refractivity (Wildman–Crippen MR) is 143 cm³/mol. The molecule has 0 radical (unpaired) electrons. The fraction of sp³-hybridized carbons (Fsp3) is 0.333. The Morgan fingerprint density at radius 3 is 2.58 bits per heavy atom. The van der Waals surface area contributed by atoms with E-state index in [1.54, 1.807) is 24.8 Å². The minimum absolute atomic E-state index is 0.158. The number of hydrogen-bond donors (Lipinski definition) is 0. The summed E-state index contributed by atoms with van der Waals surface area (Å²) < 4.78 is 16.0. The van der Waals surface area contributed by atoms with Gasteiger partial charge in [-0.3, -0.25) is 19.3 Å². The highest BCUT2D eigenvalue weighted by Crippen LogP contribution is 2.39. The zero-order valence-corrected chi connectivity index (χ0v) is 22.6. The maximum atomic E-state index is 13.0. The highest BCUT2D eigenvalue weighted by atomic mass is 35.5. The van der Waals surface area contributed by atoms with Gasteiger partial charge in [0.25, 0.3) is 11.1 Å². The Balaban J connectivity index is 1.47. The molecule has 0 bridgehead atoms. The van der Waals surface area contributed by atoms with Gasteiger partial charge in [-0.05, 0) is 66.9 Å². The van der Waals surface area contributed by atoms with Gasteiger partial charge < -0.3 is 19.1 Å². The molecule has 0 saturated carbocycles. The maximum Gasteiger partial charge on any atom is 0.344 e. The number of thioether (sulfide) groups is 1. The third-order valence-electron chi connectivity index (χ3n) is 5.92. The van der Waals surface area contributed by atoms with Gasteiger partial charge in [0, 0.05) is 13.1 Å². The Morgan fingerprint density at radius 2 is 1.84 bits per heavy atom. The number of halogens is 1. The largest absolute Gasteiger partial charge is 0.490 e. The summed E-state index contributed by atoms with van der Waals surface area (Å²) in [5, 5.41) is -0.358. The van der Waals surface area contributed by atoms with Gasteiger partial charge in [-0.2, -0.15) is 0 Å². The summed E-state index contributed by atoms with van der Waals surface area (Å²) in [7, 11) is 0. The van der Waals surface area contributed by atoms with E-state index in [9.17, 15) is 19.2 Å². The number of esters is 1. The van der Waals surface area contributed by atoms with Crippen molar-refractivity contribution in [3.05, 3.63) is 63.0 Å². The lowest BCUT2D eigenvalue weighted by molar-refractivity contribution is -0.145. The van der Waals surface area contributed by atoms with Crippen molar-refractivity contribution in [2.45, 2.75) is 26.8 Å². The first-order chi connectivity index (χ1) is 18.3. The number of fused-ring (bicyclic) bond motifs is 1. The normalized spacial score (nSPS) is 16.0. The van der Waals surface area contributed by atoms with E-state index >= 15 is 0 Å². The second-order valence-electron chi connectivity index (χ2n) is 8.46. The van der Waals surface area contributed by atoms with Gasteiger partial charge in [-0.1, -0.05) is 35.9 Å². The van der Waals surface area contributed by atoms with E-state index in [1.165, 1.54) is 17.7 Å². The van der Waals surface area contributed by atoms with Crippen LogP contribution in [0.25, 0.3) is 6.08 Å². The quantitative estimate of drug-likeness (QED) is 0.331. The molecule has 0 unspecified atom stereocenters. The zero-order chi connectivity index (χ0) is 27.2. The Kier molecular flexibility index (Phi) is 8.96. The predicted octanol–water partition coefficient (Wildman–Crippen LogP) is 4.30. The molecular weight excluding hydrogens is 532 g/mol. The van der Waals surface area contributed by atoms with Crippen LogP contribution >= 0.6 is 23.4 Å². The molecule has 0 aliphatic carbocycles. The SMILES string of the molecule is CCOC(=O)COc1c(Cl)cc(/C=C2\SC(=O)N(CC(=O)N3CCc4ccccc4C3)C2=O)cc1OCC. The Hall–Kier alpha value is -3.50. The van der Waals surface area contributed by atoms with E-state index in [4.69, 9.17) is 25.8 Å². The van der Waals surface area contributed by atoms with Crippen molar-refractivity contribution < 1.29 is 33.4 Å². The van der Waals surface area contributed by atoms with Crippen molar-refractivity contribution in [3.8, 4) is 11.5 Å². The zero-order valence-electron chi connectivity index (χ0n) is 21.0. The van der Waals surface area contributed by atoms with Crippen LogP contribution in [-0.4, -0.2) is 65.7 Å². The molecule has 2 heterocycles. The number of carbonyl (C=O) groups is 4. The smallest absolute Gasteiger partial charge is 0.344 e. The molecule has 38 heavy (non-hydrogen) atoms. The molecule has 9 nitrogen and oxygen atoms in total. The second kappa shape index (κ2) is 12.4. The van der Waals surface area contributed by atoms with Crippen LogP contribution in [-0.2, 0) is 32.1 Å². The molecular formula is C27H27ClN2O7S. The average Bonchev–Trinajstić information content (AvgIpc) is 3.15. The number of carbonyl (C=O) groups excluding carboxylic acids is 4. The lowest BCUT2D eigenvalue weighted by Gasteiger charge is -2.29. The molecule has 4 rings (SSSR count). The van der Waals surface area contributed by atoms with Crippen molar-refractivity contribution in [2.75, 3.05) is 32.9 Å².